The molecule has 0 saturated carbocycles. The second-order valence-corrected chi connectivity index (χ2v) is 8.21. The first kappa shape index (κ1) is 20.6. The van der Waals surface area contributed by atoms with E-state index in [4.69, 9.17) is 5.73 Å². The van der Waals surface area contributed by atoms with Gasteiger partial charge in [0.1, 0.15) is 4.21 Å². The zero-order valence-corrected chi connectivity index (χ0v) is 15.5. The molecule has 9 heteroatoms. The molecule has 0 aliphatic carbocycles. The van der Waals surface area contributed by atoms with E-state index in [9.17, 15) is 13.2 Å². The van der Waals surface area contributed by atoms with Gasteiger partial charge >= 0.3 is 0 Å². The van der Waals surface area contributed by atoms with E-state index < -0.39 is 10.0 Å². The highest BCUT2D eigenvalue weighted by molar-refractivity contribution is 7.91. The standard InChI is InChI=1S/C15H19N3O3S2.ClH/c1-17-23(20,21)15-8-7-12(22-15)10-18-14(19)9-13(16)11-5-3-2-4-6-11;/h2-8,13,17H,9-10,16H2,1H3,(H,18,19);1H. The number of nitrogens with two attached hydrogens (primary N) is 1. The van der Waals surface area contributed by atoms with Gasteiger partial charge in [-0.3, -0.25) is 4.79 Å². The Bertz CT molecular complexity index is 763. The second kappa shape index (κ2) is 9.14. The van der Waals surface area contributed by atoms with Crippen molar-refractivity contribution in [2.45, 2.75) is 23.2 Å². The number of sulfonamides is 1. The Kier molecular flexibility index (Phi) is 7.85. The van der Waals surface area contributed by atoms with Crippen LogP contribution in [-0.4, -0.2) is 21.4 Å². The van der Waals surface area contributed by atoms with E-state index in [1.807, 2.05) is 30.3 Å². The van der Waals surface area contributed by atoms with Gasteiger partial charge in [0, 0.05) is 17.3 Å². The predicted octanol–water partition coefficient (Wildman–Crippen LogP) is 1.78. The third-order valence-electron chi connectivity index (χ3n) is 3.26. The van der Waals surface area contributed by atoms with Crippen LogP contribution in [0.1, 0.15) is 22.9 Å². The van der Waals surface area contributed by atoms with Crippen molar-refractivity contribution < 1.29 is 13.2 Å². The highest BCUT2D eigenvalue weighted by atomic mass is 35.5. The lowest BCUT2D eigenvalue weighted by Gasteiger charge is -2.11. The van der Waals surface area contributed by atoms with E-state index in [1.54, 1.807) is 6.07 Å². The van der Waals surface area contributed by atoms with Gasteiger partial charge in [0.15, 0.2) is 0 Å². The average molecular weight is 390 g/mol. The monoisotopic (exact) mass is 389 g/mol. The van der Waals surface area contributed by atoms with Crippen LogP contribution in [0.15, 0.2) is 46.7 Å². The van der Waals surface area contributed by atoms with Crippen molar-refractivity contribution in [2.24, 2.45) is 5.73 Å². The van der Waals surface area contributed by atoms with Crippen LogP contribution in [0.5, 0.6) is 0 Å². The van der Waals surface area contributed by atoms with Crippen LogP contribution < -0.4 is 15.8 Å². The third kappa shape index (κ3) is 5.57. The quantitative estimate of drug-likeness (QED) is 0.671. The molecule has 0 saturated heterocycles. The first-order valence-electron chi connectivity index (χ1n) is 7.02. The van der Waals surface area contributed by atoms with Gasteiger partial charge in [0.05, 0.1) is 6.54 Å². The zero-order chi connectivity index (χ0) is 16.9. The van der Waals surface area contributed by atoms with Gasteiger partial charge < -0.3 is 11.1 Å². The summed E-state index contributed by atoms with van der Waals surface area (Å²) in [4.78, 5) is 12.7. The van der Waals surface area contributed by atoms with Crippen LogP contribution in [-0.2, 0) is 21.4 Å². The summed E-state index contributed by atoms with van der Waals surface area (Å²) in [6.45, 7) is 0.282. The minimum atomic E-state index is -3.44. The summed E-state index contributed by atoms with van der Waals surface area (Å²) in [5.74, 6) is -0.173. The lowest BCUT2D eigenvalue weighted by Crippen LogP contribution is -2.26. The van der Waals surface area contributed by atoms with Crippen molar-refractivity contribution in [3.8, 4) is 0 Å². The Labute approximate surface area is 151 Å². The number of amides is 1. The fourth-order valence-electron chi connectivity index (χ4n) is 1.97. The van der Waals surface area contributed by atoms with E-state index in [-0.39, 0.29) is 41.5 Å². The summed E-state index contributed by atoms with van der Waals surface area (Å²) in [6.07, 6.45) is 0.178. The number of benzene rings is 1. The maximum atomic E-state index is 11.9. The first-order chi connectivity index (χ1) is 10.9. The molecule has 0 fully saturated rings. The maximum Gasteiger partial charge on any atom is 0.249 e. The van der Waals surface area contributed by atoms with Gasteiger partial charge in [-0.05, 0) is 24.7 Å². The van der Waals surface area contributed by atoms with E-state index in [0.29, 0.717) is 0 Å². The number of halogens is 1. The molecule has 4 N–H and O–H groups in total. The van der Waals surface area contributed by atoms with Crippen molar-refractivity contribution in [1.82, 2.24) is 10.0 Å². The molecule has 0 aliphatic heterocycles. The summed E-state index contributed by atoms with van der Waals surface area (Å²) in [5, 5.41) is 2.76. The van der Waals surface area contributed by atoms with E-state index in [2.05, 4.69) is 10.0 Å². The minimum Gasteiger partial charge on any atom is -0.351 e. The SMILES string of the molecule is CNS(=O)(=O)c1ccc(CNC(=O)CC(N)c2ccccc2)s1.Cl. The molecule has 1 unspecified atom stereocenters. The van der Waals surface area contributed by atoms with Crippen molar-refractivity contribution in [3.05, 3.63) is 52.9 Å². The van der Waals surface area contributed by atoms with Crippen LogP contribution >= 0.6 is 23.7 Å². The van der Waals surface area contributed by atoms with Gasteiger partial charge in [0.25, 0.3) is 0 Å². The summed E-state index contributed by atoms with van der Waals surface area (Å²) in [7, 11) is -2.07. The van der Waals surface area contributed by atoms with Crippen LogP contribution in [0.25, 0.3) is 0 Å². The number of hydrogen-bond acceptors (Lipinski definition) is 5. The van der Waals surface area contributed by atoms with Gasteiger partial charge in [-0.1, -0.05) is 30.3 Å². The first-order valence-corrected chi connectivity index (χ1v) is 9.32. The lowest BCUT2D eigenvalue weighted by atomic mass is 10.0. The van der Waals surface area contributed by atoms with Crippen molar-refractivity contribution in [1.29, 1.82) is 0 Å². The number of carbonyl (C=O) groups is 1. The molecule has 1 aromatic heterocycles. The number of nitrogens with one attached hydrogen (secondary N) is 2. The predicted molar refractivity (Wildman–Crippen MR) is 97.6 cm³/mol. The van der Waals surface area contributed by atoms with Gasteiger partial charge in [-0.25, -0.2) is 13.1 Å². The van der Waals surface area contributed by atoms with Crippen LogP contribution in [0, 0.1) is 0 Å². The Morgan fingerprint density at radius 2 is 1.88 bits per heavy atom. The van der Waals surface area contributed by atoms with Crippen molar-refractivity contribution >= 4 is 39.7 Å². The highest BCUT2D eigenvalue weighted by Gasteiger charge is 2.15. The van der Waals surface area contributed by atoms with Crippen LogP contribution in [0.3, 0.4) is 0 Å². The second-order valence-electron chi connectivity index (χ2n) is 4.93. The Morgan fingerprint density at radius 3 is 2.50 bits per heavy atom. The Morgan fingerprint density at radius 1 is 1.21 bits per heavy atom. The van der Waals surface area contributed by atoms with Gasteiger partial charge in [0.2, 0.25) is 15.9 Å². The molecular formula is C15H20ClN3O3S2. The molecular weight excluding hydrogens is 370 g/mol. The molecule has 24 heavy (non-hydrogen) atoms. The summed E-state index contributed by atoms with van der Waals surface area (Å²) in [6, 6.07) is 12.3. The number of rotatable bonds is 7. The largest absolute Gasteiger partial charge is 0.351 e. The van der Waals surface area contributed by atoms with E-state index in [1.165, 1.54) is 13.1 Å². The van der Waals surface area contributed by atoms with Crippen LogP contribution in [0.2, 0.25) is 0 Å². The Hall–Kier alpha value is -1.45. The normalized spacial score (nSPS) is 12.2. The number of thiophene rings is 1. The molecule has 132 valence electrons. The number of hydrogen-bond donors (Lipinski definition) is 3. The summed E-state index contributed by atoms with van der Waals surface area (Å²) in [5.41, 5.74) is 6.90. The maximum absolute atomic E-state index is 11.9. The highest BCUT2D eigenvalue weighted by Crippen LogP contribution is 2.21. The fraction of sp³-hybridized carbons (Fsp3) is 0.267. The molecule has 0 aliphatic rings. The fourth-order valence-corrected chi connectivity index (χ4v) is 4.11. The van der Waals surface area contributed by atoms with Crippen LogP contribution in [0.4, 0.5) is 0 Å². The molecule has 1 atom stereocenters. The molecule has 1 amide bonds. The average Bonchev–Trinajstić information content (AvgIpc) is 3.03. The van der Waals surface area contributed by atoms with Crippen molar-refractivity contribution in [3.63, 3.8) is 0 Å². The van der Waals surface area contributed by atoms with Gasteiger partial charge in [-0.15, -0.1) is 23.7 Å². The third-order valence-corrected chi connectivity index (χ3v) is 6.25. The molecule has 0 radical (unpaired) electrons. The molecule has 1 heterocycles. The molecule has 6 nitrogen and oxygen atoms in total. The van der Waals surface area contributed by atoms with E-state index in [0.717, 1.165) is 21.8 Å². The van der Waals surface area contributed by atoms with E-state index >= 15 is 0 Å². The molecule has 0 spiro atoms. The molecule has 2 rings (SSSR count). The van der Waals surface area contributed by atoms with Crippen molar-refractivity contribution in [2.75, 3.05) is 7.05 Å². The summed E-state index contributed by atoms with van der Waals surface area (Å²) >= 11 is 1.13. The lowest BCUT2D eigenvalue weighted by molar-refractivity contribution is -0.121. The Balaban J connectivity index is 0.00000288. The topological polar surface area (TPSA) is 101 Å². The van der Waals surface area contributed by atoms with Gasteiger partial charge in [-0.2, -0.15) is 0 Å². The minimum absolute atomic E-state index is 0. The number of carbonyl (C=O) groups excluding carboxylic acids is 1. The zero-order valence-electron chi connectivity index (χ0n) is 13.1. The molecule has 1 aromatic carbocycles. The summed E-state index contributed by atoms with van der Waals surface area (Å²) < 4.78 is 25.8. The smallest absolute Gasteiger partial charge is 0.249 e. The molecule has 2 aromatic rings. The molecule has 0 bridgehead atoms.